The first kappa shape index (κ1) is 20.0. The van der Waals surface area contributed by atoms with Crippen molar-refractivity contribution in [2.24, 2.45) is 0 Å². The molecule has 1 amide bonds. The molecule has 0 aromatic carbocycles. The second kappa shape index (κ2) is 8.28. The van der Waals surface area contributed by atoms with E-state index in [1.54, 1.807) is 7.11 Å². The first-order chi connectivity index (χ1) is 15.1. The van der Waals surface area contributed by atoms with Crippen molar-refractivity contribution in [1.82, 2.24) is 14.5 Å². The van der Waals surface area contributed by atoms with Gasteiger partial charge in [-0.3, -0.25) is 9.78 Å². The molecule has 0 radical (unpaired) electrons. The summed E-state index contributed by atoms with van der Waals surface area (Å²) < 4.78 is 19.0. The zero-order chi connectivity index (χ0) is 21.4. The molecule has 3 aromatic heterocycles. The van der Waals surface area contributed by atoms with E-state index in [2.05, 4.69) is 21.1 Å². The lowest BCUT2D eigenvalue weighted by molar-refractivity contribution is -0.114. The summed E-state index contributed by atoms with van der Waals surface area (Å²) in [5.41, 5.74) is 3.79. The molecule has 2 atom stereocenters. The average molecular weight is 422 g/mol. The van der Waals surface area contributed by atoms with Gasteiger partial charge in [0, 0.05) is 55.3 Å². The van der Waals surface area contributed by atoms with E-state index in [9.17, 15) is 4.79 Å². The van der Waals surface area contributed by atoms with Crippen LogP contribution in [0, 0.1) is 0 Å². The predicted octanol–water partition coefficient (Wildman–Crippen LogP) is 3.53. The van der Waals surface area contributed by atoms with E-state index in [1.807, 2.05) is 24.4 Å². The van der Waals surface area contributed by atoms with Crippen LogP contribution in [0.1, 0.15) is 37.4 Å². The highest BCUT2D eigenvalue weighted by atomic mass is 16.5. The van der Waals surface area contributed by atoms with Crippen molar-refractivity contribution in [2.45, 2.75) is 31.7 Å². The van der Waals surface area contributed by atoms with Crippen LogP contribution in [0.2, 0.25) is 0 Å². The molecule has 2 aliphatic heterocycles. The minimum absolute atomic E-state index is 0.153. The number of anilines is 1. The van der Waals surface area contributed by atoms with E-state index in [-0.39, 0.29) is 17.9 Å². The molecule has 2 aliphatic rings. The summed E-state index contributed by atoms with van der Waals surface area (Å²) in [7, 11) is 1.67. The first-order valence-electron chi connectivity index (χ1n) is 10.6. The van der Waals surface area contributed by atoms with Gasteiger partial charge in [-0.1, -0.05) is 0 Å². The largest absolute Gasteiger partial charge is 0.497 e. The topological polar surface area (TPSA) is 87.5 Å². The minimum atomic E-state index is -0.153. The van der Waals surface area contributed by atoms with E-state index >= 15 is 0 Å². The number of ether oxygens (including phenoxy) is 3. The van der Waals surface area contributed by atoms with Gasteiger partial charge in [0.05, 0.1) is 49.5 Å². The van der Waals surface area contributed by atoms with E-state index in [0.717, 1.165) is 59.7 Å². The summed E-state index contributed by atoms with van der Waals surface area (Å²) in [4.78, 5) is 21.0. The van der Waals surface area contributed by atoms with Gasteiger partial charge in [0.1, 0.15) is 11.6 Å². The number of pyridine rings is 2. The number of hydrogen-bond acceptors (Lipinski definition) is 6. The van der Waals surface area contributed by atoms with Gasteiger partial charge in [0.15, 0.2) is 0 Å². The SMILES string of the molecule is COc1cc(-c2cn([C@@H]3CCOC3)c3cnc(NC(C)=O)cc23)nc(C2CCOC2)c1. The molecule has 0 spiro atoms. The van der Waals surface area contributed by atoms with Crippen LogP contribution in [0.5, 0.6) is 5.75 Å². The number of nitrogens with zero attached hydrogens (tertiary/aromatic N) is 3. The highest BCUT2D eigenvalue weighted by Crippen LogP contribution is 2.37. The fraction of sp³-hybridized carbons (Fsp3) is 0.435. The minimum Gasteiger partial charge on any atom is -0.497 e. The molecule has 5 rings (SSSR count). The second-order valence-electron chi connectivity index (χ2n) is 8.11. The fourth-order valence-electron chi connectivity index (χ4n) is 4.40. The number of methoxy groups -OCH3 is 1. The van der Waals surface area contributed by atoms with Gasteiger partial charge in [-0.25, -0.2) is 4.98 Å². The van der Waals surface area contributed by atoms with Crippen molar-refractivity contribution in [3.8, 4) is 17.0 Å². The lowest BCUT2D eigenvalue weighted by atomic mass is 10.0. The summed E-state index contributed by atoms with van der Waals surface area (Å²) >= 11 is 0. The standard InChI is InChI=1S/C23H26N4O4/c1-14(28)25-23-9-18-19(11-27(22(18)10-24-23)16-4-6-31-13-16)21-8-17(29-2)7-20(26-21)15-3-5-30-12-15/h7-11,15-16H,3-6,12-13H2,1-2H3,(H,24,25,28)/t15?,16-/m1/s1. The van der Waals surface area contributed by atoms with Gasteiger partial charge in [-0.15, -0.1) is 0 Å². The van der Waals surface area contributed by atoms with E-state index in [4.69, 9.17) is 19.2 Å². The Morgan fingerprint density at radius 2 is 2.03 bits per heavy atom. The summed E-state index contributed by atoms with van der Waals surface area (Å²) in [6.45, 7) is 4.34. The Kier molecular flexibility index (Phi) is 5.33. The third kappa shape index (κ3) is 3.88. The molecule has 1 unspecified atom stereocenters. The third-order valence-electron chi connectivity index (χ3n) is 6.00. The number of hydrogen-bond donors (Lipinski definition) is 1. The van der Waals surface area contributed by atoms with Crippen molar-refractivity contribution in [3.05, 3.63) is 36.3 Å². The van der Waals surface area contributed by atoms with Crippen molar-refractivity contribution >= 4 is 22.6 Å². The van der Waals surface area contributed by atoms with Gasteiger partial charge >= 0.3 is 0 Å². The molecule has 31 heavy (non-hydrogen) atoms. The van der Waals surface area contributed by atoms with Crippen molar-refractivity contribution in [2.75, 3.05) is 38.9 Å². The molecule has 0 aliphatic carbocycles. The molecule has 3 aromatic rings. The number of fused-ring (bicyclic) bond motifs is 1. The van der Waals surface area contributed by atoms with Crippen LogP contribution in [-0.4, -0.2) is 54.0 Å². The summed E-state index contributed by atoms with van der Waals surface area (Å²) in [6, 6.07) is 6.12. The summed E-state index contributed by atoms with van der Waals surface area (Å²) in [6.07, 6.45) is 5.85. The van der Waals surface area contributed by atoms with Crippen LogP contribution >= 0.6 is 0 Å². The molecular formula is C23H26N4O4. The lowest BCUT2D eigenvalue weighted by Gasteiger charge is -2.12. The van der Waals surface area contributed by atoms with Gasteiger partial charge in [-0.05, 0) is 18.9 Å². The summed E-state index contributed by atoms with van der Waals surface area (Å²) in [5, 5.41) is 3.77. The summed E-state index contributed by atoms with van der Waals surface area (Å²) in [5.74, 6) is 1.41. The van der Waals surface area contributed by atoms with Crippen LogP contribution < -0.4 is 10.1 Å². The predicted molar refractivity (Wildman–Crippen MR) is 116 cm³/mol. The van der Waals surface area contributed by atoms with Crippen LogP contribution in [0.4, 0.5) is 5.82 Å². The van der Waals surface area contributed by atoms with Crippen molar-refractivity contribution in [1.29, 1.82) is 0 Å². The number of amides is 1. The molecular weight excluding hydrogens is 396 g/mol. The first-order valence-corrected chi connectivity index (χ1v) is 10.6. The van der Waals surface area contributed by atoms with Gasteiger partial charge < -0.3 is 24.1 Å². The number of carbonyl (C=O) groups excluding carboxylic acids is 1. The molecule has 0 saturated carbocycles. The van der Waals surface area contributed by atoms with Crippen LogP contribution in [0.15, 0.2) is 30.6 Å². The van der Waals surface area contributed by atoms with E-state index in [1.165, 1.54) is 6.92 Å². The molecule has 1 N–H and O–H groups in total. The zero-order valence-corrected chi connectivity index (χ0v) is 17.8. The smallest absolute Gasteiger partial charge is 0.222 e. The number of aromatic nitrogens is 3. The molecule has 2 fully saturated rings. The van der Waals surface area contributed by atoms with Gasteiger partial charge in [0.25, 0.3) is 0 Å². The molecule has 162 valence electrons. The molecule has 2 saturated heterocycles. The maximum Gasteiger partial charge on any atom is 0.222 e. The normalized spacial score (nSPS) is 21.0. The maximum absolute atomic E-state index is 11.6. The third-order valence-corrected chi connectivity index (χ3v) is 6.00. The Morgan fingerprint density at radius 1 is 1.19 bits per heavy atom. The average Bonchev–Trinajstić information content (AvgIpc) is 3.53. The Labute approximate surface area is 180 Å². The molecule has 5 heterocycles. The fourth-order valence-corrected chi connectivity index (χ4v) is 4.40. The highest BCUT2D eigenvalue weighted by molar-refractivity contribution is 5.98. The van der Waals surface area contributed by atoms with Gasteiger partial charge in [0.2, 0.25) is 5.91 Å². The zero-order valence-electron chi connectivity index (χ0n) is 17.8. The molecule has 8 nitrogen and oxygen atoms in total. The molecule has 0 bridgehead atoms. The van der Waals surface area contributed by atoms with E-state index in [0.29, 0.717) is 19.0 Å². The number of nitrogens with one attached hydrogen (secondary N) is 1. The highest BCUT2D eigenvalue weighted by Gasteiger charge is 2.24. The number of carbonyl (C=O) groups is 1. The Bertz CT molecular complexity index is 1110. The van der Waals surface area contributed by atoms with E-state index < -0.39 is 0 Å². The van der Waals surface area contributed by atoms with Crippen LogP contribution in [-0.2, 0) is 14.3 Å². The monoisotopic (exact) mass is 422 g/mol. The Hall–Kier alpha value is -2.97. The van der Waals surface area contributed by atoms with Gasteiger partial charge in [-0.2, -0.15) is 0 Å². The lowest BCUT2D eigenvalue weighted by Crippen LogP contribution is -2.08. The Morgan fingerprint density at radius 3 is 2.74 bits per heavy atom. The quantitative estimate of drug-likeness (QED) is 0.677. The Balaban J connectivity index is 1.67. The van der Waals surface area contributed by atoms with Crippen LogP contribution in [0.25, 0.3) is 22.2 Å². The van der Waals surface area contributed by atoms with Crippen molar-refractivity contribution < 1.29 is 19.0 Å². The maximum atomic E-state index is 11.6. The second-order valence-corrected chi connectivity index (χ2v) is 8.11. The molecule has 8 heteroatoms. The van der Waals surface area contributed by atoms with Crippen LogP contribution in [0.3, 0.4) is 0 Å². The van der Waals surface area contributed by atoms with Crippen molar-refractivity contribution in [3.63, 3.8) is 0 Å². The number of rotatable bonds is 5.